The van der Waals surface area contributed by atoms with Gasteiger partial charge in [0.25, 0.3) is 0 Å². The molecule has 0 rings (SSSR count). The molecule has 90 valence electrons. The number of nitrogens with zero attached hydrogens (tertiary/aromatic N) is 1. The van der Waals surface area contributed by atoms with E-state index in [2.05, 4.69) is 46.5 Å². The molecule has 0 aliphatic heterocycles. The molecule has 0 aromatic carbocycles. The van der Waals surface area contributed by atoms with Gasteiger partial charge in [-0.25, -0.2) is 0 Å². The van der Waals surface area contributed by atoms with E-state index in [0.717, 1.165) is 31.7 Å². The monoisotopic (exact) mass is 213 g/mol. The molecule has 0 fully saturated rings. The van der Waals surface area contributed by atoms with Crippen molar-refractivity contribution in [2.75, 3.05) is 13.2 Å². The summed E-state index contributed by atoms with van der Waals surface area (Å²) < 4.78 is 6.07. The average Bonchev–Trinajstić information content (AvgIpc) is 2.19. The standard InChI is InChI=1S/C13H27NO/c1-7-10-15-13(8-2,11(4)5)12(6)14-9-3/h11H,7-10H2,1-6H3. The highest BCUT2D eigenvalue weighted by Gasteiger charge is 2.35. The Labute approximate surface area is 95.1 Å². The molecule has 2 nitrogen and oxygen atoms in total. The first-order chi connectivity index (χ1) is 7.05. The van der Waals surface area contributed by atoms with Gasteiger partial charge in [0, 0.05) is 18.9 Å². The Kier molecular flexibility index (Phi) is 6.82. The van der Waals surface area contributed by atoms with Gasteiger partial charge in [-0.15, -0.1) is 0 Å². The second kappa shape index (κ2) is 7.00. The summed E-state index contributed by atoms with van der Waals surface area (Å²) in [4.78, 5) is 4.53. The third-order valence-corrected chi connectivity index (χ3v) is 3.03. The van der Waals surface area contributed by atoms with Gasteiger partial charge in [0.05, 0.1) is 0 Å². The Morgan fingerprint density at radius 2 is 1.87 bits per heavy atom. The molecule has 0 bridgehead atoms. The van der Waals surface area contributed by atoms with Crippen molar-refractivity contribution < 1.29 is 4.74 Å². The van der Waals surface area contributed by atoms with Crippen LogP contribution in [0.1, 0.15) is 54.4 Å². The maximum absolute atomic E-state index is 6.07. The molecule has 1 atom stereocenters. The van der Waals surface area contributed by atoms with Crippen LogP contribution in [-0.2, 0) is 4.74 Å². The summed E-state index contributed by atoms with van der Waals surface area (Å²) in [5, 5.41) is 0. The summed E-state index contributed by atoms with van der Waals surface area (Å²) in [7, 11) is 0. The molecule has 0 aliphatic carbocycles. The summed E-state index contributed by atoms with van der Waals surface area (Å²) >= 11 is 0. The maximum atomic E-state index is 6.07. The van der Waals surface area contributed by atoms with E-state index >= 15 is 0 Å². The first kappa shape index (κ1) is 14.6. The van der Waals surface area contributed by atoms with E-state index in [1.165, 1.54) is 0 Å². The highest BCUT2D eigenvalue weighted by atomic mass is 16.5. The molecule has 0 aliphatic rings. The lowest BCUT2D eigenvalue weighted by Gasteiger charge is -2.37. The van der Waals surface area contributed by atoms with Gasteiger partial charge in [-0.2, -0.15) is 0 Å². The van der Waals surface area contributed by atoms with Crippen molar-refractivity contribution in [1.29, 1.82) is 0 Å². The minimum absolute atomic E-state index is 0.147. The van der Waals surface area contributed by atoms with Gasteiger partial charge in [0.1, 0.15) is 5.60 Å². The van der Waals surface area contributed by atoms with Crippen molar-refractivity contribution in [2.45, 2.75) is 60.0 Å². The van der Waals surface area contributed by atoms with Crippen LogP contribution >= 0.6 is 0 Å². The molecule has 2 heteroatoms. The van der Waals surface area contributed by atoms with Gasteiger partial charge in [0.2, 0.25) is 0 Å². The zero-order valence-corrected chi connectivity index (χ0v) is 11.3. The largest absolute Gasteiger partial charge is 0.369 e. The van der Waals surface area contributed by atoms with E-state index < -0.39 is 0 Å². The number of rotatable bonds is 7. The van der Waals surface area contributed by atoms with Crippen LogP contribution in [0.25, 0.3) is 0 Å². The van der Waals surface area contributed by atoms with Gasteiger partial charge in [-0.3, -0.25) is 4.99 Å². The van der Waals surface area contributed by atoms with Crippen molar-refractivity contribution in [2.24, 2.45) is 10.9 Å². The van der Waals surface area contributed by atoms with E-state index in [-0.39, 0.29) is 5.60 Å². The predicted molar refractivity (Wildman–Crippen MR) is 67.8 cm³/mol. The smallest absolute Gasteiger partial charge is 0.107 e. The quantitative estimate of drug-likeness (QED) is 0.591. The Hall–Kier alpha value is -0.370. The van der Waals surface area contributed by atoms with Crippen molar-refractivity contribution in [3.05, 3.63) is 0 Å². The molecule has 0 aromatic heterocycles. The summed E-state index contributed by atoms with van der Waals surface area (Å²) in [6, 6.07) is 0. The third-order valence-electron chi connectivity index (χ3n) is 3.03. The molecular formula is C13H27NO. The van der Waals surface area contributed by atoms with Gasteiger partial charge in [0.15, 0.2) is 0 Å². The van der Waals surface area contributed by atoms with Crippen LogP contribution in [0.5, 0.6) is 0 Å². The van der Waals surface area contributed by atoms with E-state index in [9.17, 15) is 0 Å². The van der Waals surface area contributed by atoms with E-state index in [1.54, 1.807) is 0 Å². The predicted octanol–water partition coefficient (Wildman–Crippen LogP) is 3.70. The molecule has 0 spiro atoms. The zero-order valence-electron chi connectivity index (χ0n) is 11.3. The zero-order chi connectivity index (χ0) is 11.9. The maximum Gasteiger partial charge on any atom is 0.107 e. The van der Waals surface area contributed by atoms with Gasteiger partial charge < -0.3 is 4.74 Å². The molecular weight excluding hydrogens is 186 g/mol. The first-order valence-corrected chi connectivity index (χ1v) is 6.20. The third kappa shape index (κ3) is 3.60. The fourth-order valence-electron chi connectivity index (χ4n) is 2.11. The molecule has 1 unspecified atom stereocenters. The summed E-state index contributed by atoms with van der Waals surface area (Å²) in [5.74, 6) is 0.476. The summed E-state index contributed by atoms with van der Waals surface area (Å²) in [6.45, 7) is 14.6. The lowest BCUT2D eigenvalue weighted by molar-refractivity contribution is -0.0280. The number of hydrogen-bond acceptors (Lipinski definition) is 2. The van der Waals surface area contributed by atoms with Gasteiger partial charge in [-0.1, -0.05) is 27.7 Å². The van der Waals surface area contributed by atoms with Crippen LogP contribution in [0.4, 0.5) is 0 Å². The Morgan fingerprint density at radius 1 is 1.27 bits per heavy atom. The van der Waals surface area contributed by atoms with Crippen molar-refractivity contribution >= 4 is 5.71 Å². The number of aliphatic imine (C=N–C) groups is 1. The highest BCUT2D eigenvalue weighted by Crippen LogP contribution is 2.28. The topological polar surface area (TPSA) is 21.6 Å². The SMILES string of the molecule is CCCOC(CC)(C(C)=NCC)C(C)C. The minimum Gasteiger partial charge on any atom is -0.369 e. The van der Waals surface area contributed by atoms with Gasteiger partial charge in [-0.05, 0) is 32.6 Å². The molecule has 0 N–H and O–H groups in total. The van der Waals surface area contributed by atoms with E-state index in [1.807, 2.05) is 0 Å². The van der Waals surface area contributed by atoms with Crippen LogP contribution in [0, 0.1) is 5.92 Å². The highest BCUT2D eigenvalue weighted by molar-refractivity contribution is 5.90. The van der Waals surface area contributed by atoms with E-state index in [0.29, 0.717) is 5.92 Å². The van der Waals surface area contributed by atoms with Crippen LogP contribution in [0.2, 0.25) is 0 Å². The van der Waals surface area contributed by atoms with Crippen LogP contribution in [-0.4, -0.2) is 24.5 Å². The van der Waals surface area contributed by atoms with Crippen molar-refractivity contribution in [3.63, 3.8) is 0 Å². The van der Waals surface area contributed by atoms with Crippen LogP contribution in [0.15, 0.2) is 4.99 Å². The van der Waals surface area contributed by atoms with Crippen LogP contribution < -0.4 is 0 Å². The van der Waals surface area contributed by atoms with Crippen molar-refractivity contribution in [1.82, 2.24) is 0 Å². The van der Waals surface area contributed by atoms with Crippen LogP contribution in [0.3, 0.4) is 0 Å². The van der Waals surface area contributed by atoms with E-state index in [4.69, 9.17) is 4.74 Å². The molecule has 0 aromatic rings. The molecule has 0 saturated heterocycles. The minimum atomic E-state index is -0.147. The second-order valence-electron chi connectivity index (χ2n) is 4.31. The Bertz CT molecular complexity index is 199. The molecule has 0 amide bonds. The lowest BCUT2D eigenvalue weighted by Crippen LogP contribution is -2.45. The normalized spacial score (nSPS) is 16.9. The summed E-state index contributed by atoms with van der Waals surface area (Å²) in [6.07, 6.45) is 2.06. The number of hydrogen-bond donors (Lipinski definition) is 0. The van der Waals surface area contributed by atoms with Gasteiger partial charge >= 0.3 is 0 Å². The summed E-state index contributed by atoms with van der Waals surface area (Å²) in [5.41, 5.74) is 1.00. The first-order valence-electron chi connectivity index (χ1n) is 6.20. The Morgan fingerprint density at radius 3 is 2.20 bits per heavy atom. The number of ether oxygens (including phenoxy) is 1. The van der Waals surface area contributed by atoms with Crippen molar-refractivity contribution in [3.8, 4) is 0 Å². The fourth-order valence-corrected chi connectivity index (χ4v) is 2.11. The molecule has 0 radical (unpaired) electrons. The molecule has 0 heterocycles. The lowest BCUT2D eigenvalue weighted by atomic mass is 9.83. The average molecular weight is 213 g/mol. The molecule has 0 saturated carbocycles. The fraction of sp³-hybridized carbons (Fsp3) is 0.923. The molecule has 15 heavy (non-hydrogen) atoms. The second-order valence-corrected chi connectivity index (χ2v) is 4.31. The Balaban J connectivity index is 4.88.